The molecule has 0 radical (unpaired) electrons. The van der Waals surface area contributed by atoms with Gasteiger partial charge in [-0.25, -0.2) is 4.99 Å². The fourth-order valence-electron chi connectivity index (χ4n) is 5.26. The molecule has 3 aliphatic heterocycles. The molecule has 3 N–H and O–H groups in total. The van der Waals surface area contributed by atoms with Crippen LogP contribution in [0.1, 0.15) is 30.9 Å². The van der Waals surface area contributed by atoms with Crippen LogP contribution in [0.5, 0.6) is 0 Å². The third-order valence-corrected chi connectivity index (χ3v) is 6.31. The molecule has 1 aromatic rings. The third kappa shape index (κ3) is 1.65. The summed E-state index contributed by atoms with van der Waals surface area (Å²) in [7, 11) is 0. The first-order valence-corrected chi connectivity index (χ1v) is 9.15. The van der Waals surface area contributed by atoms with E-state index in [0.29, 0.717) is 19.6 Å². The fraction of sp³-hybridized carbons (Fsp3) is 0.450. The van der Waals surface area contributed by atoms with Crippen LogP contribution in [0, 0.1) is 33.5 Å². The fourth-order valence-corrected chi connectivity index (χ4v) is 5.26. The van der Waals surface area contributed by atoms with Crippen molar-refractivity contribution in [1.82, 2.24) is 5.32 Å². The van der Waals surface area contributed by atoms with Gasteiger partial charge in [-0.2, -0.15) is 10.5 Å². The molecule has 4 aliphatic rings. The van der Waals surface area contributed by atoms with Crippen molar-refractivity contribution >= 4 is 5.84 Å². The van der Waals surface area contributed by atoms with Gasteiger partial charge in [-0.05, 0) is 30.4 Å². The summed E-state index contributed by atoms with van der Waals surface area (Å²) in [5.74, 6) is -1.46. The average Bonchev–Trinajstić information content (AvgIpc) is 3.40. The molecule has 7 nitrogen and oxygen atoms in total. The number of benzene rings is 1. The monoisotopic (exact) mass is 361 g/mol. The van der Waals surface area contributed by atoms with Gasteiger partial charge in [-0.1, -0.05) is 30.3 Å². The second-order valence-electron chi connectivity index (χ2n) is 7.36. The number of nitrogens with zero attached hydrogens (tertiary/aromatic N) is 3. The van der Waals surface area contributed by atoms with Crippen LogP contribution in [-0.4, -0.2) is 25.0 Å². The summed E-state index contributed by atoms with van der Waals surface area (Å²) in [6, 6.07) is 13.9. The van der Waals surface area contributed by atoms with E-state index in [9.17, 15) is 10.5 Å². The Hall–Kier alpha value is -2.87. The zero-order chi connectivity index (χ0) is 18.7. The maximum atomic E-state index is 10.6. The molecule has 0 aromatic heterocycles. The molecule has 0 unspecified atom stereocenters. The Labute approximate surface area is 157 Å². The number of amidine groups is 1. The van der Waals surface area contributed by atoms with E-state index in [1.54, 1.807) is 0 Å². The topological polar surface area (TPSA) is 116 Å². The predicted octanol–water partition coefficient (Wildman–Crippen LogP) is 1.86. The highest BCUT2D eigenvalue weighted by Crippen LogP contribution is 2.68. The summed E-state index contributed by atoms with van der Waals surface area (Å²) in [6.45, 7) is 0.627. The third-order valence-electron chi connectivity index (χ3n) is 6.31. The molecule has 1 saturated heterocycles. The first-order chi connectivity index (χ1) is 13.1. The molecule has 1 fully saturated rings. The highest BCUT2D eigenvalue weighted by atomic mass is 16.8. The lowest BCUT2D eigenvalue weighted by atomic mass is 9.53. The second-order valence-corrected chi connectivity index (χ2v) is 7.36. The molecule has 3 atom stereocenters. The van der Waals surface area contributed by atoms with E-state index in [4.69, 9.17) is 15.2 Å². The minimum Gasteiger partial charge on any atom is -0.386 e. The van der Waals surface area contributed by atoms with Crippen molar-refractivity contribution in [2.45, 2.75) is 31.2 Å². The number of ether oxygens (including phenoxy) is 2. The van der Waals surface area contributed by atoms with Crippen LogP contribution in [0.15, 0.2) is 46.6 Å². The minimum atomic E-state index is -1.55. The molecule has 5 rings (SSSR count). The maximum absolute atomic E-state index is 10.6. The van der Waals surface area contributed by atoms with E-state index in [1.807, 2.05) is 30.3 Å². The lowest BCUT2D eigenvalue weighted by molar-refractivity contribution is -0.212. The lowest BCUT2D eigenvalue weighted by Gasteiger charge is -2.50. The summed E-state index contributed by atoms with van der Waals surface area (Å²) in [4.78, 5) is 4.52. The van der Waals surface area contributed by atoms with E-state index in [1.165, 1.54) is 0 Å². The van der Waals surface area contributed by atoms with Crippen molar-refractivity contribution in [1.29, 1.82) is 10.5 Å². The van der Waals surface area contributed by atoms with Crippen molar-refractivity contribution in [3.05, 3.63) is 47.2 Å². The molecular formula is C20H19N5O2. The van der Waals surface area contributed by atoms with Gasteiger partial charge in [0.15, 0.2) is 10.8 Å². The molecule has 3 heterocycles. The summed E-state index contributed by atoms with van der Waals surface area (Å²) in [5.41, 5.74) is 6.30. The van der Waals surface area contributed by atoms with Gasteiger partial charge in [-0.15, -0.1) is 0 Å². The molecule has 136 valence electrons. The van der Waals surface area contributed by atoms with Crippen LogP contribution in [0.4, 0.5) is 0 Å². The molecule has 7 heteroatoms. The zero-order valence-corrected chi connectivity index (χ0v) is 14.7. The Kier molecular flexibility index (Phi) is 3.22. The highest BCUT2D eigenvalue weighted by Gasteiger charge is 2.80. The van der Waals surface area contributed by atoms with Crippen molar-refractivity contribution in [3.63, 3.8) is 0 Å². The van der Waals surface area contributed by atoms with Crippen LogP contribution < -0.4 is 11.1 Å². The molecule has 0 amide bonds. The van der Waals surface area contributed by atoms with Crippen molar-refractivity contribution in [3.8, 4) is 12.1 Å². The normalized spacial score (nSPS) is 35.8. The second kappa shape index (κ2) is 5.32. The van der Waals surface area contributed by atoms with E-state index >= 15 is 0 Å². The van der Waals surface area contributed by atoms with Crippen LogP contribution in [0.25, 0.3) is 0 Å². The quantitative estimate of drug-likeness (QED) is 0.788. The van der Waals surface area contributed by atoms with E-state index in [0.717, 1.165) is 29.7 Å². The van der Waals surface area contributed by atoms with Crippen LogP contribution in [0.2, 0.25) is 0 Å². The van der Waals surface area contributed by atoms with Crippen LogP contribution >= 0.6 is 0 Å². The molecule has 1 aromatic carbocycles. The standard InChI is InChI=1S/C20H19N5O2/c21-11-18-16(13-5-2-1-3-6-13)24-15-8-4-7-14(15)19(18,12-22)20(25-17(18)23)26-9-10-27-20/h1-3,5-6,16,24H,4,7-10H2,(H2,23,25)/t16-,18-,19+/m0/s1. The molecule has 27 heavy (non-hydrogen) atoms. The Morgan fingerprint density at radius 2 is 1.85 bits per heavy atom. The summed E-state index contributed by atoms with van der Waals surface area (Å²) >= 11 is 0. The van der Waals surface area contributed by atoms with Gasteiger partial charge in [0, 0.05) is 5.70 Å². The average molecular weight is 361 g/mol. The van der Waals surface area contributed by atoms with Crippen LogP contribution in [-0.2, 0) is 9.47 Å². The lowest BCUT2D eigenvalue weighted by Crippen LogP contribution is -2.63. The number of rotatable bonds is 1. The summed E-state index contributed by atoms with van der Waals surface area (Å²) < 4.78 is 11.9. The van der Waals surface area contributed by atoms with Crippen molar-refractivity contribution in [2.75, 3.05) is 13.2 Å². The van der Waals surface area contributed by atoms with Gasteiger partial charge in [0.2, 0.25) is 0 Å². The Morgan fingerprint density at radius 3 is 2.52 bits per heavy atom. The Balaban J connectivity index is 1.85. The van der Waals surface area contributed by atoms with E-state index < -0.39 is 22.8 Å². The SMILES string of the molecule is N#C[C@@]12C3=C(CCC3)N[C@@H](c3ccccc3)[C@@]1(C#N)C(N)=NC21OCCO1. The van der Waals surface area contributed by atoms with Gasteiger partial charge >= 0.3 is 0 Å². The Bertz CT molecular complexity index is 951. The largest absolute Gasteiger partial charge is 0.386 e. The number of nitrogens with two attached hydrogens (primary N) is 1. The van der Waals surface area contributed by atoms with Gasteiger partial charge in [-0.3, -0.25) is 0 Å². The first-order valence-electron chi connectivity index (χ1n) is 9.15. The minimum absolute atomic E-state index is 0.0910. The maximum Gasteiger partial charge on any atom is 0.297 e. The summed E-state index contributed by atoms with van der Waals surface area (Å²) in [5, 5.41) is 24.6. The number of hydrogen-bond donors (Lipinski definition) is 2. The van der Waals surface area contributed by atoms with E-state index in [2.05, 4.69) is 22.4 Å². The first kappa shape index (κ1) is 16.3. The number of hydrogen-bond acceptors (Lipinski definition) is 7. The van der Waals surface area contributed by atoms with Gasteiger partial charge in [0.05, 0.1) is 31.4 Å². The van der Waals surface area contributed by atoms with Gasteiger partial charge in [0.25, 0.3) is 5.91 Å². The number of aliphatic imine (C=N–C) groups is 1. The van der Waals surface area contributed by atoms with E-state index in [-0.39, 0.29) is 5.84 Å². The smallest absolute Gasteiger partial charge is 0.297 e. The van der Waals surface area contributed by atoms with Gasteiger partial charge in [0.1, 0.15) is 5.84 Å². The highest BCUT2D eigenvalue weighted by molar-refractivity contribution is 5.96. The summed E-state index contributed by atoms with van der Waals surface area (Å²) in [6.07, 6.45) is 2.41. The van der Waals surface area contributed by atoms with Crippen LogP contribution in [0.3, 0.4) is 0 Å². The number of fused-ring (bicyclic) bond motifs is 3. The zero-order valence-electron chi connectivity index (χ0n) is 14.7. The van der Waals surface area contributed by atoms with Crippen molar-refractivity contribution in [2.24, 2.45) is 21.6 Å². The van der Waals surface area contributed by atoms with Crippen molar-refractivity contribution < 1.29 is 9.47 Å². The molecule has 1 spiro atoms. The number of allylic oxidation sites excluding steroid dienone is 1. The molecule has 0 saturated carbocycles. The molecule has 0 bridgehead atoms. The Morgan fingerprint density at radius 1 is 1.11 bits per heavy atom. The molecule has 1 aliphatic carbocycles. The molecular weight excluding hydrogens is 342 g/mol. The predicted molar refractivity (Wildman–Crippen MR) is 95.5 cm³/mol. The number of nitrogens with one attached hydrogen (secondary N) is 1. The number of nitriles is 2. The van der Waals surface area contributed by atoms with Gasteiger partial charge < -0.3 is 20.5 Å².